The van der Waals surface area contributed by atoms with Gasteiger partial charge in [0, 0.05) is 28.4 Å². The van der Waals surface area contributed by atoms with Crippen molar-refractivity contribution in [1.29, 1.82) is 0 Å². The lowest BCUT2D eigenvalue weighted by atomic mass is 10.1. The number of aryl methyl sites for hydroxylation is 1. The second kappa shape index (κ2) is 13.1. The minimum Gasteiger partial charge on any atom is -0.352 e. The Bertz CT molecular complexity index is 905. The average molecular weight is 496 g/mol. The predicted molar refractivity (Wildman–Crippen MR) is 136 cm³/mol. The number of hydrogen-bond donors (Lipinski definition) is 1. The van der Waals surface area contributed by atoms with Crippen molar-refractivity contribution in [1.82, 2.24) is 10.2 Å². The molecule has 0 radical (unpaired) electrons. The van der Waals surface area contributed by atoms with Gasteiger partial charge in [-0.1, -0.05) is 72.9 Å². The highest BCUT2D eigenvalue weighted by Crippen LogP contribution is 2.25. The van der Waals surface area contributed by atoms with E-state index in [1.807, 2.05) is 58.0 Å². The molecular weight excluding hydrogens is 463 g/mol. The number of nitrogens with zero attached hydrogens (tertiary/aromatic N) is 1. The second-order valence-electron chi connectivity index (χ2n) is 7.98. The molecule has 2 amide bonds. The molecule has 0 aliphatic heterocycles. The third-order valence-electron chi connectivity index (χ3n) is 5.36. The first-order valence-corrected chi connectivity index (χ1v) is 12.8. The highest BCUT2D eigenvalue weighted by atomic mass is 35.5. The van der Waals surface area contributed by atoms with E-state index in [-0.39, 0.29) is 23.6 Å². The van der Waals surface area contributed by atoms with E-state index in [0.717, 1.165) is 23.1 Å². The molecule has 0 saturated heterocycles. The molecule has 2 aromatic carbocycles. The van der Waals surface area contributed by atoms with Crippen LogP contribution in [0.3, 0.4) is 0 Å². The summed E-state index contributed by atoms with van der Waals surface area (Å²) in [5.41, 5.74) is 3.09. The lowest BCUT2D eigenvalue weighted by molar-refractivity contribution is -0.139. The summed E-state index contributed by atoms with van der Waals surface area (Å²) in [6.07, 6.45) is 1.39. The average Bonchev–Trinajstić information content (AvgIpc) is 2.76. The third kappa shape index (κ3) is 8.02. The number of hydrogen-bond acceptors (Lipinski definition) is 3. The number of halogens is 2. The van der Waals surface area contributed by atoms with Crippen molar-refractivity contribution in [3.8, 4) is 0 Å². The molecule has 1 N–H and O–H groups in total. The normalized spacial score (nSPS) is 12.8. The number of carbonyl (C=O) groups excluding carboxylic acids is 2. The van der Waals surface area contributed by atoms with Gasteiger partial charge < -0.3 is 10.2 Å². The number of rotatable bonds is 11. The zero-order valence-corrected chi connectivity index (χ0v) is 21.5. The Hall–Kier alpha value is -1.69. The van der Waals surface area contributed by atoms with Crippen molar-refractivity contribution in [2.75, 3.05) is 5.75 Å². The maximum Gasteiger partial charge on any atom is 0.243 e. The molecule has 2 aromatic rings. The Kier molecular flexibility index (Phi) is 10.9. The fraction of sp³-hybridized carbons (Fsp3) is 0.440. The van der Waals surface area contributed by atoms with Gasteiger partial charge in [-0.25, -0.2) is 0 Å². The van der Waals surface area contributed by atoms with Crippen LogP contribution in [0.2, 0.25) is 10.0 Å². The van der Waals surface area contributed by atoms with Crippen LogP contribution in [0.25, 0.3) is 0 Å². The summed E-state index contributed by atoms with van der Waals surface area (Å²) in [5, 5.41) is 4.21. The summed E-state index contributed by atoms with van der Waals surface area (Å²) in [6, 6.07) is 13.0. The number of nitrogens with one attached hydrogen (secondary N) is 1. The summed E-state index contributed by atoms with van der Waals surface area (Å²) in [4.78, 5) is 27.9. The molecule has 0 aliphatic carbocycles. The number of carbonyl (C=O) groups is 2. The third-order valence-corrected chi connectivity index (χ3v) is 6.91. The van der Waals surface area contributed by atoms with Crippen molar-refractivity contribution in [3.63, 3.8) is 0 Å². The largest absolute Gasteiger partial charge is 0.352 e. The fourth-order valence-electron chi connectivity index (χ4n) is 3.22. The van der Waals surface area contributed by atoms with Gasteiger partial charge in [0.1, 0.15) is 6.04 Å². The molecule has 7 heteroatoms. The molecule has 32 heavy (non-hydrogen) atoms. The van der Waals surface area contributed by atoms with E-state index >= 15 is 0 Å². The topological polar surface area (TPSA) is 49.4 Å². The highest BCUT2D eigenvalue weighted by molar-refractivity contribution is 7.99. The van der Waals surface area contributed by atoms with Crippen LogP contribution < -0.4 is 5.32 Å². The van der Waals surface area contributed by atoms with E-state index in [4.69, 9.17) is 23.2 Å². The van der Waals surface area contributed by atoms with Gasteiger partial charge >= 0.3 is 0 Å². The summed E-state index contributed by atoms with van der Waals surface area (Å²) < 4.78 is 0. The standard InChI is InChI=1S/C25H32Cl2N2O2S/c1-5-18(4)28-25(31)23(6-2)29(14-19-9-7-17(3)8-10-19)24(30)16-32-15-20-11-12-21(26)13-22(20)27/h7-13,18,23H,5-6,14-16H2,1-4H3,(H,28,31)/t18-,23+/m0/s1. The van der Waals surface area contributed by atoms with Crippen molar-refractivity contribution < 1.29 is 9.59 Å². The number of benzene rings is 2. The smallest absolute Gasteiger partial charge is 0.243 e. The molecule has 0 fully saturated rings. The zero-order valence-electron chi connectivity index (χ0n) is 19.2. The molecule has 0 spiro atoms. The monoisotopic (exact) mass is 494 g/mol. The number of amides is 2. The first kappa shape index (κ1) is 26.6. The van der Waals surface area contributed by atoms with Crippen molar-refractivity contribution in [2.45, 2.75) is 64.9 Å². The van der Waals surface area contributed by atoms with Crippen LogP contribution in [-0.2, 0) is 21.9 Å². The first-order chi connectivity index (χ1) is 15.2. The quantitative estimate of drug-likeness (QED) is 0.401. The molecule has 0 bridgehead atoms. The molecule has 4 nitrogen and oxygen atoms in total. The fourth-order valence-corrected chi connectivity index (χ4v) is 4.69. The highest BCUT2D eigenvalue weighted by Gasteiger charge is 2.29. The summed E-state index contributed by atoms with van der Waals surface area (Å²) in [7, 11) is 0. The Balaban J connectivity index is 2.14. The van der Waals surface area contributed by atoms with Crippen molar-refractivity contribution in [2.24, 2.45) is 0 Å². The van der Waals surface area contributed by atoms with Gasteiger partial charge in [-0.2, -0.15) is 0 Å². The van der Waals surface area contributed by atoms with Gasteiger partial charge in [-0.15, -0.1) is 11.8 Å². The van der Waals surface area contributed by atoms with Crippen LogP contribution in [0.1, 0.15) is 50.3 Å². The van der Waals surface area contributed by atoms with E-state index in [1.54, 1.807) is 17.0 Å². The van der Waals surface area contributed by atoms with E-state index in [1.165, 1.54) is 11.8 Å². The molecule has 0 aliphatic rings. The molecule has 2 rings (SSSR count). The van der Waals surface area contributed by atoms with E-state index < -0.39 is 6.04 Å². The van der Waals surface area contributed by atoms with Crippen LogP contribution in [0.5, 0.6) is 0 Å². The van der Waals surface area contributed by atoms with Gasteiger partial charge in [0.15, 0.2) is 0 Å². The number of thioether (sulfide) groups is 1. The molecular formula is C25H32Cl2N2O2S. The minimum atomic E-state index is -0.516. The molecule has 0 aromatic heterocycles. The zero-order chi connectivity index (χ0) is 23.7. The van der Waals surface area contributed by atoms with E-state index in [2.05, 4.69) is 5.32 Å². The van der Waals surface area contributed by atoms with Crippen LogP contribution in [0.15, 0.2) is 42.5 Å². The molecule has 0 unspecified atom stereocenters. The van der Waals surface area contributed by atoms with Crippen LogP contribution in [-0.4, -0.2) is 34.6 Å². The maximum atomic E-state index is 13.3. The maximum absolute atomic E-state index is 13.3. The van der Waals surface area contributed by atoms with E-state index in [0.29, 0.717) is 28.8 Å². The van der Waals surface area contributed by atoms with Crippen molar-refractivity contribution >= 4 is 46.8 Å². The van der Waals surface area contributed by atoms with E-state index in [9.17, 15) is 9.59 Å². The molecule has 174 valence electrons. The molecule has 0 saturated carbocycles. The van der Waals surface area contributed by atoms with Crippen LogP contribution in [0, 0.1) is 6.92 Å². The molecule has 0 heterocycles. The first-order valence-electron chi connectivity index (χ1n) is 10.9. The van der Waals surface area contributed by atoms with Gasteiger partial charge in [-0.3, -0.25) is 9.59 Å². The van der Waals surface area contributed by atoms with Gasteiger partial charge in [0.2, 0.25) is 11.8 Å². The van der Waals surface area contributed by atoms with Gasteiger partial charge in [-0.05, 0) is 49.9 Å². The predicted octanol–water partition coefficient (Wildman–Crippen LogP) is 6.26. The summed E-state index contributed by atoms with van der Waals surface area (Å²) in [6.45, 7) is 8.37. The SMILES string of the molecule is CC[C@H](C(=O)N[C@@H](C)CC)N(Cc1ccc(C)cc1)C(=O)CSCc1ccc(Cl)cc1Cl. The van der Waals surface area contributed by atoms with Gasteiger partial charge in [0.25, 0.3) is 0 Å². The summed E-state index contributed by atoms with van der Waals surface area (Å²) >= 11 is 13.7. The minimum absolute atomic E-state index is 0.0631. The summed E-state index contributed by atoms with van der Waals surface area (Å²) in [5.74, 6) is 0.688. The van der Waals surface area contributed by atoms with Crippen LogP contribution >= 0.6 is 35.0 Å². The lowest BCUT2D eigenvalue weighted by Crippen LogP contribution is -2.51. The Labute approximate surface area is 206 Å². The van der Waals surface area contributed by atoms with Crippen LogP contribution in [0.4, 0.5) is 0 Å². The second-order valence-corrected chi connectivity index (χ2v) is 9.81. The van der Waals surface area contributed by atoms with Crippen molar-refractivity contribution in [3.05, 3.63) is 69.2 Å². The van der Waals surface area contributed by atoms with Gasteiger partial charge in [0.05, 0.1) is 5.75 Å². The molecule has 2 atom stereocenters. The Morgan fingerprint density at radius 3 is 2.34 bits per heavy atom. The Morgan fingerprint density at radius 1 is 1.06 bits per heavy atom. The Morgan fingerprint density at radius 2 is 1.75 bits per heavy atom. The lowest BCUT2D eigenvalue weighted by Gasteiger charge is -2.31.